The fourth-order valence-corrected chi connectivity index (χ4v) is 3.14. The van der Waals surface area contributed by atoms with Crippen molar-refractivity contribution in [3.05, 3.63) is 36.2 Å². The van der Waals surface area contributed by atoms with Crippen LogP contribution in [0.25, 0.3) is 11.4 Å². The average molecular weight is 380 g/mol. The number of benzene rings is 1. The summed E-state index contributed by atoms with van der Waals surface area (Å²) in [5, 5.41) is 12.2. The summed E-state index contributed by atoms with van der Waals surface area (Å²) >= 11 is 0. The average Bonchev–Trinajstić information content (AvgIpc) is 3.30. The van der Waals surface area contributed by atoms with Gasteiger partial charge in [-0.1, -0.05) is 35.5 Å². The van der Waals surface area contributed by atoms with E-state index in [1.54, 1.807) is 35.2 Å². The molecule has 1 aromatic heterocycles. The predicted molar refractivity (Wildman–Crippen MR) is 89.6 cm³/mol. The first-order chi connectivity index (χ1) is 13.0. The lowest BCUT2D eigenvalue weighted by molar-refractivity contribution is -0.193. The van der Waals surface area contributed by atoms with Crippen LogP contribution in [0.1, 0.15) is 18.7 Å². The van der Waals surface area contributed by atoms with Crippen molar-refractivity contribution in [3.63, 3.8) is 0 Å². The third kappa shape index (κ3) is 4.12. The van der Waals surface area contributed by atoms with E-state index in [9.17, 15) is 13.2 Å². The van der Waals surface area contributed by atoms with Gasteiger partial charge in [-0.2, -0.15) is 23.4 Å². The molecule has 1 aliphatic rings. The van der Waals surface area contributed by atoms with Gasteiger partial charge in [0.15, 0.2) is 5.41 Å². The van der Waals surface area contributed by atoms with Gasteiger partial charge in [0.1, 0.15) is 0 Å². The van der Waals surface area contributed by atoms with E-state index in [1.807, 2.05) is 6.07 Å². The molecule has 1 saturated heterocycles. The van der Waals surface area contributed by atoms with E-state index >= 15 is 0 Å². The molecule has 1 aromatic carbocycles. The summed E-state index contributed by atoms with van der Waals surface area (Å²) in [4.78, 5) is 5.74. The second-order valence-electron chi connectivity index (χ2n) is 6.42. The van der Waals surface area contributed by atoms with E-state index < -0.39 is 17.5 Å². The Hall–Kier alpha value is -2.44. The van der Waals surface area contributed by atoms with Gasteiger partial charge in [0.25, 0.3) is 0 Å². The van der Waals surface area contributed by atoms with Gasteiger partial charge in [0.2, 0.25) is 11.7 Å². The van der Waals surface area contributed by atoms with Crippen molar-refractivity contribution < 1.29 is 22.4 Å². The number of nitriles is 1. The maximum absolute atomic E-state index is 14.0. The molecule has 2 heterocycles. The molecule has 0 N–H and O–H groups in total. The van der Waals surface area contributed by atoms with E-state index in [4.69, 9.17) is 14.5 Å². The van der Waals surface area contributed by atoms with Gasteiger partial charge >= 0.3 is 6.18 Å². The number of hydrogen-bond acceptors (Lipinski definition) is 6. The molecule has 0 radical (unpaired) electrons. The van der Waals surface area contributed by atoms with Crippen LogP contribution < -0.4 is 0 Å². The molecule has 1 aliphatic heterocycles. The van der Waals surface area contributed by atoms with Crippen LogP contribution in [0.2, 0.25) is 0 Å². The zero-order chi connectivity index (χ0) is 19.3. The first-order valence-electron chi connectivity index (χ1n) is 8.60. The maximum atomic E-state index is 14.0. The molecule has 6 nitrogen and oxygen atoms in total. The van der Waals surface area contributed by atoms with Crippen molar-refractivity contribution >= 4 is 0 Å². The monoisotopic (exact) mass is 380 g/mol. The Balaban J connectivity index is 1.74. The first-order valence-corrected chi connectivity index (χ1v) is 8.60. The topological polar surface area (TPSA) is 75.2 Å². The highest BCUT2D eigenvalue weighted by Gasteiger charge is 2.62. The molecule has 144 valence electrons. The normalized spacial score (nSPS) is 20.7. The number of ether oxygens (including phenoxy) is 1. The van der Waals surface area contributed by atoms with Crippen LogP contribution in [0, 0.1) is 11.3 Å². The number of alkyl halides is 3. The molecule has 1 atom stereocenters. The Morgan fingerprint density at radius 2 is 2.04 bits per heavy atom. The van der Waals surface area contributed by atoms with E-state index in [0.29, 0.717) is 12.1 Å². The largest absolute Gasteiger partial charge is 0.404 e. The summed E-state index contributed by atoms with van der Waals surface area (Å²) < 4.78 is 52.2. The molecule has 9 heteroatoms. The quantitative estimate of drug-likeness (QED) is 0.687. The van der Waals surface area contributed by atoms with E-state index in [2.05, 4.69) is 10.1 Å². The van der Waals surface area contributed by atoms with Crippen molar-refractivity contribution in [1.82, 2.24) is 15.0 Å². The van der Waals surface area contributed by atoms with Gasteiger partial charge in [-0.25, -0.2) is 0 Å². The highest BCUT2D eigenvalue weighted by atomic mass is 19.4. The number of halogens is 3. The van der Waals surface area contributed by atoms with E-state index in [0.717, 1.165) is 0 Å². The molecule has 1 unspecified atom stereocenters. The molecule has 1 fully saturated rings. The maximum Gasteiger partial charge on any atom is 0.404 e. The minimum atomic E-state index is -4.51. The van der Waals surface area contributed by atoms with Gasteiger partial charge in [-0.05, 0) is 13.0 Å². The van der Waals surface area contributed by atoms with Gasteiger partial charge in [-0.3, -0.25) is 4.90 Å². The molecule has 0 aliphatic carbocycles. The molecular weight excluding hydrogens is 361 g/mol. The van der Waals surface area contributed by atoms with E-state index in [-0.39, 0.29) is 45.0 Å². The van der Waals surface area contributed by atoms with Gasteiger partial charge < -0.3 is 9.26 Å². The third-order valence-corrected chi connectivity index (χ3v) is 4.67. The molecule has 0 amide bonds. The van der Waals surface area contributed by atoms with Gasteiger partial charge in [0, 0.05) is 18.7 Å². The Kier molecular flexibility index (Phi) is 5.77. The Morgan fingerprint density at radius 1 is 1.26 bits per heavy atom. The van der Waals surface area contributed by atoms with Gasteiger partial charge in [0.05, 0.1) is 25.7 Å². The van der Waals surface area contributed by atoms with Crippen molar-refractivity contribution in [3.8, 4) is 17.5 Å². The smallest absolute Gasteiger partial charge is 0.379 e. The Bertz CT molecular complexity index is 788. The second-order valence-corrected chi connectivity index (χ2v) is 6.42. The van der Waals surface area contributed by atoms with Crippen LogP contribution in [0.3, 0.4) is 0 Å². The minimum Gasteiger partial charge on any atom is -0.379 e. The zero-order valence-corrected chi connectivity index (χ0v) is 14.6. The first kappa shape index (κ1) is 19.3. The fourth-order valence-electron chi connectivity index (χ4n) is 3.14. The molecular formula is C18H19F3N4O2. The van der Waals surface area contributed by atoms with Crippen LogP contribution in [0.4, 0.5) is 13.2 Å². The van der Waals surface area contributed by atoms with Crippen LogP contribution in [-0.4, -0.2) is 54.1 Å². The van der Waals surface area contributed by atoms with Crippen molar-refractivity contribution in [2.45, 2.75) is 24.4 Å². The van der Waals surface area contributed by atoms with E-state index in [1.165, 1.54) is 0 Å². The lowest BCUT2D eigenvalue weighted by Crippen LogP contribution is -2.45. The SMILES string of the molecule is N#CCCOCCN1CCC(c2nc(-c3ccccc3)no2)(C(F)(F)F)C1. The molecule has 27 heavy (non-hydrogen) atoms. The summed E-state index contributed by atoms with van der Waals surface area (Å²) in [6.45, 7) is 0.898. The van der Waals surface area contributed by atoms with Gasteiger partial charge in [-0.15, -0.1) is 0 Å². The summed E-state index contributed by atoms with van der Waals surface area (Å²) in [7, 11) is 0. The van der Waals surface area contributed by atoms with Crippen LogP contribution in [-0.2, 0) is 10.2 Å². The summed E-state index contributed by atoms with van der Waals surface area (Å²) in [6.07, 6.45) is -4.40. The predicted octanol–water partition coefficient (Wildman–Crippen LogP) is 3.17. The highest BCUT2D eigenvalue weighted by Crippen LogP contribution is 2.47. The van der Waals surface area contributed by atoms with Crippen LogP contribution in [0.15, 0.2) is 34.9 Å². The number of aromatic nitrogens is 2. The summed E-state index contributed by atoms with van der Waals surface area (Å²) in [6, 6.07) is 10.7. The molecule has 0 bridgehead atoms. The third-order valence-electron chi connectivity index (χ3n) is 4.67. The van der Waals surface area contributed by atoms with Crippen LogP contribution >= 0.6 is 0 Å². The number of nitrogens with zero attached hydrogens (tertiary/aromatic N) is 4. The zero-order valence-electron chi connectivity index (χ0n) is 14.6. The second kappa shape index (κ2) is 8.06. The minimum absolute atomic E-state index is 0.146. The molecule has 0 saturated carbocycles. The highest BCUT2D eigenvalue weighted by molar-refractivity contribution is 5.53. The Morgan fingerprint density at radius 3 is 2.74 bits per heavy atom. The van der Waals surface area contributed by atoms with Crippen molar-refractivity contribution in [2.75, 3.05) is 32.8 Å². The Labute approximate surface area is 154 Å². The molecule has 3 rings (SSSR count). The fraction of sp³-hybridized carbons (Fsp3) is 0.500. The summed E-state index contributed by atoms with van der Waals surface area (Å²) in [5.74, 6) is -0.255. The van der Waals surface area contributed by atoms with Crippen LogP contribution in [0.5, 0.6) is 0 Å². The lowest BCUT2D eigenvalue weighted by atomic mass is 9.86. The summed E-state index contributed by atoms with van der Waals surface area (Å²) in [5.41, 5.74) is -1.58. The number of rotatable bonds is 7. The molecule has 2 aromatic rings. The molecule has 0 spiro atoms. The standard InChI is InChI=1S/C18H19F3N4O2/c19-18(20,21)17(7-9-25(13-17)10-12-26-11-4-8-22)16-23-15(24-27-16)14-5-2-1-3-6-14/h1-3,5-6H,4,7,9-13H2. The number of hydrogen-bond donors (Lipinski definition) is 0. The van der Waals surface area contributed by atoms with Crippen molar-refractivity contribution in [1.29, 1.82) is 5.26 Å². The van der Waals surface area contributed by atoms with Crippen molar-refractivity contribution in [2.24, 2.45) is 0 Å². The lowest BCUT2D eigenvalue weighted by Gasteiger charge is -2.28. The number of likely N-dealkylation sites (tertiary alicyclic amines) is 1.